The van der Waals surface area contributed by atoms with Crippen LogP contribution in [0.4, 0.5) is 11.4 Å². The van der Waals surface area contributed by atoms with Crippen LogP contribution in [0.1, 0.15) is 5.56 Å². The van der Waals surface area contributed by atoms with Crippen LogP contribution in [0.3, 0.4) is 0 Å². The molecule has 9 heteroatoms. The van der Waals surface area contributed by atoms with Gasteiger partial charge in [-0.25, -0.2) is 13.4 Å². The fourth-order valence-electron chi connectivity index (χ4n) is 3.34. The molecule has 2 heterocycles. The van der Waals surface area contributed by atoms with Crippen LogP contribution in [-0.2, 0) is 9.84 Å². The highest BCUT2D eigenvalue weighted by Crippen LogP contribution is 2.44. The van der Waals surface area contributed by atoms with Crippen LogP contribution in [-0.4, -0.2) is 32.7 Å². The summed E-state index contributed by atoms with van der Waals surface area (Å²) in [4.78, 5) is 8.65. The first-order valence-corrected chi connectivity index (χ1v) is 11.4. The van der Waals surface area contributed by atoms with Crippen molar-refractivity contribution in [2.24, 2.45) is 16.5 Å². The van der Waals surface area contributed by atoms with Crippen molar-refractivity contribution < 1.29 is 8.42 Å². The number of hydrogen-bond donors (Lipinski definition) is 2. The Hall–Kier alpha value is -2.33. The fourth-order valence-corrected chi connectivity index (χ4v) is 4.98. The second-order valence-corrected chi connectivity index (χ2v) is 9.84. The van der Waals surface area contributed by atoms with Crippen molar-refractivity contribution >= 4 is 39.3 Å². The highest BCUT2D eigenvalue weighted by Gasteiger charge is 2.39. The number of sulfone groups is 1. The van der Waals surface area contributed by atoms with E-state index in [1.165, 1.54) is 18.0 Å². The van der Waals surface area contributed by atoms with E-state index in [2.05, 4.69) is 4.99 Å². The Morgan fingerprint density at radius 2 is 1.75 bits per heavy atom. The second kappa shape index (κ2) is 6.93. The van der Waals surface area contributed by atoms with Crippen molar-refractivity contribution in [3.63, 3.8) is 0 Å². The lowest BCUT2D eigenvalue weighted by Gasteiger charge is -2.36. The number of para-hydroxylation sites is 1. The number of rotatable bonds is 3. The van der Waals surface area contributed by atoms with Crippen LogP contribution >= 0.6 is 11.8 Å². The van der Waals surface area contributed by atoms with Gasteiger partial charge in [-0.3, -0.25) is 0 Å². The predicted molar refractivity (Wildman–Crippen MR) is 115 cm³/mol. The molecule has 0 saturated carbocycles. The number of aliphatic imine (C=N–C) groups is 1. The summed E-state index contributed by atoms with van der Waals surface area (Å²) in [5.41, 5.74) is 16.4. The third-order valence-corrected chi connectivity index (χ3v) is 6.90. The monoisotopic (exact) mass is 415 g/mol. The third-order valence-electron chi connectivity index (χ3n) is 4.78. The van der Waals surface area contributed by atoms with Crippen LogP contribution in [0.5, 0.6) is 0 Å². The molecule has 0 bridgehead atoms. The van der Waals surface area contributed by atoms with Crippen LogP contribution in [0, 0.1) is 6.92 Å². The lowest BCUT2D eigenvalue weighted by Crippen LogP contribution is -2.50. The molecule has 28 heavy (non-hydrogen) atoms. The summed E-state index contributed by atoms with van der Waals surface area (Å²) in [7, 11) is -3.26. The standard InChI is InChI=1S/C19H21N5O2S2/c1-12-5-3-4-6-15(12)24-16-17(20)23(11-22-18(16)27-19(24)21)13-7-9-14(10-8-13)28(2,25)26/h3-11,17,19H,20-21H2,1-2H3. The maximum atomic E-state index is 11.7. The summed E-state index contributed by atoms with van der Waals surface area (Å²) in [6, 6.07) is 14.6. The van der Waals surface area contributed by atoms with Gasteiger partial charge in [-0.05, 0) is 42.8 Å². The number of thioether (sulfide) groups is 1. The zero-order chi connectivity index (χ0) is 20.1. The van der Waals surface area contributed by atoms with E-state index >= 15 is 0 Å². The van der Waals surface area contributed by atoms with E-state index in [-0.39, 0.29) is 10.4 Å². The number of benzene rings is 2. The maximum absolute atomic E-state index is 11.7. The molecule has 0 aliphatic carbocycles. The van der Waals surface area contributed by atoms with Gasteiger partial charge in [0, 0.05) is 17.6 Å². The average Bonchev–Trinajstić information content (AvgIpc) is 2.99. The zero-order valence-electron chi connectivity index (χ0n) is 15.5. The van der Waals surface area contributed by atoms with Gasteiger partial charge in [0.05, 0.1) is 16.9 Å². The molecular formula is C19H21N5O2S2. The van der Waals surface area contributed by atoms with Crippen LogP contribution in [0.2, 0.25) is 0 Å². The van der Waals surface area contributed by atoms with Crippen molar-refractivity contribution in [1.29, 1.82) is 0 Å². The molecule has 2 aliphatic heterocycles. The second-order valence-electron chi connectivity index (χ2n) is 6.72. The quantitative estimate of drug-likeness (QED) is 0.792. The van der Waals surface area contributed by atoms with Crippen LogP contribution in [0.15, 0.2) is 69.1 Å². The van der Waals surface area contributed by atoms with Gasteiger partial charge in [-0.15, -0.1) is 0 Å². The van der Waals surface area contributed by atoms with E-state index in [1.54, 1.807) is 30.6 Å². The third kappa shape index (κ3) is 3.20. The minimum Gasteiger partial charge on any atom is -0.314 e. The molecule has 2 aromatic rings. The summed E-state index contributed by atoms with van der Waals surface area (Å²) in [6.45, 7) is 2.03. The van der Waals surface area contributed by atoms with Crippen molar-refractivity contribution in [2.45, 2.75) is 23.5 Å². The molecule has 146 valence electrons. The lowest BCUT2D eigenvalue weighted by atomic mass is 10.1. The maximum Gasteiger partial charge on any atom is 0.175 e. The minimum absolute atomic E-state index is 0.263. The number of anilines is 2. The topological polar surface area (TPSA) is 105 Å². The molecular weight excluding hydrogens is 394 g/mol. The van der Waals surface area contributed by atoms with Crippen molar-refractivity contribution in [2.75, 3.05) is 16.1 Å². The van der Waals surface area contributed by atoms with Crippen LogP contribution < -0.4 is 21.3 Å². The molecule has 0 aromatic heterocycles. The highest BCUT2D eigenvalue weighted by molar-refractivity contribution is 8.04. The highest BCUT2D eigenvalue weighted by atomic mass is 32.2. The average molecular weight is 416 g/mol. The molecule has 2 unspecified atom stereocenters. The Morgan fingerprint density at radius 3 is 2.39 bits per heavy atom. The molecule has 7 nitrogen and oxygen atoms in total. The van der Waals surface area contributed by atoms with E-state index in [9.17, 15) is 8.42 Å². The summed E-state index contributed by atoms with van der Waals surface area (Å²) >= 11 is 1.47. The van der Waals surface area contributed by atoms with E-state index in [0.717, 1.165) is 27.7 Å². The summed E-state index contributed by atoms with van der Waals surface area (Å²) in [5.74, 6) is 0. The molecule has 4 rings (SSSR count). The number of nitrogens with zero attached hydrogens (tertiary/aromatic N) is 3. The van der Waals surface area contributed by atoms with E-state index in [0.29, 0.717) is 0 Å². The lowest BCUT2D eigenvalue weighted by molar-refractivity contribution is 0.602. The molecule has 2 aliphatic rings. The molecule has 2 aromatic carbocycles. The van der Waals surface area contributed by atoms with Gasteiger partial charge in [0.15, 0.2) is 9.84 Å². The van der Waals surface area contributed by atoms with Gasteiger partial charge >= 0.3 is 0 Å². The summed E-state index contributed by atoms with van der Waals surface area (Å²) < 4.78 is 23.4. The van der Waals surface area contributed by atoms with Gasteiger partial charge in [-0.1, -0.05) is 30.0 Å². The molecule has 0 saturated heterocycles. The molecule has 0 fully saturated rings. The molecule has 4 N–H and O–H groups in total. The summed E-state index contributed by atoms with van der Waals surface area (Å²) in [6.07, 6.45) is 2.35. The van der Waals surface area contributed by atoms with Crippen molar-refractivity contribution in [3.05, 3.63) is 64.8 Å². The Bertz CT molecular complexity index is 1080. The first-order chi connectivity index (χ1) is 13.3. The van der Waals surface area contributed by atoms with Crippen LogP contribution in [0.25, 0.3) is 0 Å². The normalized spacial score (nSPS) is 22.0. The molecule has 0 spiro atoms. The number of nitrogens with two attached hydrogens (primary N) is 2. The Morgan fingerprint density at radius 1 is 1.07 bits per heavy atom. The predicted octanol–water partition coefficient (Wildman–Crippen LogP) is 2.20. The smallest absolute Gasteiger partial charge is 0.175 e. The van der Waals surface area contributed by atoms with Crippen molar-refractivity contribution in [3.8, 4) is 0 Å². The molecule has 2 atom stereocenters. The van der Waals surface area contributed by atoms with Gasteiger partial charge in [0.1, 0.15) is 16.7 Å². The Labute approximate surface area is 168 Å². The first-order valence-electron chi connectivity index (χ1n) is 8.67. The zero-order valence-corrected chi connectivity index (χ0v) is 17.1. The number of hydrogen-bond acceptors (Lipinski definition) is 8. The van der Waals surface area contributed by atoms with Crippen molar-refractivity contribution in [1.82, 2.24) is 0 Å². The molecule has 0 radical (unpaired) electrons. The van der Waals surface area contributed by atoms with E-state index < -0.39 is 16.0 Å². The van der Waals surface area contributed by atoms with Gasteiger partial charge in [0.25, 0.3) is 0 Å². The van der Waals surface area contributed by atoms with E-state index in [1.807, 2.05) is 41.0 Å². The van der Waals surface area contributed by atoms with Gasteiger partial charge < -0.3 is 21.3 Å². The number of aryl methyl sites for hydroxylation is 1. The molecule has 0 amide bonds. The SMILES string of the molecule is Cc1ccccc1N1C2=C(N=CN(c3ccc(S(C)(=O)=O)cc3)C2N)SC1N. The minimum atomic E-state index is -3.26. The largest absolute Gasteiger partial charge is 0.314 e. The fraction of sp³-hybridized carbons (Fsp3) is 0.211. The van der Waals surface area contributed by atoms with E-state index in [4.69, 9.17) is 11.5 Å². The summed E-state index contributed by atoms with van der Waals surface area (Å²) in [5, 5.41) is 0.798. The first kappa shape index (κ1) is 19.0. The Balaban J connectivity index is 1.70. The Kier molecular flexibility index (Phi) is 4.70. The van der Waals surface area contributed by atoms with Gasteiger partial charge in [-0.2, -0.15) is 0 Å². The van der Waals surface area contributed by atoms with Gasteiger partial charge in [0.2, 0.25) is 0 Å².